The molecular weight excluding hydrogens is 384 g/mol. The fourth-order valence-corrected chi connectivity index (χ4v) is 3.80. The van der Waals surface area contributed by atoms with Gasteiger partial charge in [0.15, 0.2) is 5.11 Å². The first kappa shape index (κ1) is 19.8. The molecule has 2 aromatic rings. The third kappa shape index (κ3) is 4.93. The van der Waals surface area contributed by atoms with Gasteiger partial charge in [0.25, 0.3) is 0 Å². The summed E-state index contributed by atoms with van der Waals surface area (Å²) in [5.74, 6) is 0.835. The number of hydrogen-bond acceptors (Lipinski definition) is 4. The third-order valence-corrected chi connectivity index (χ3v) is 5.41. The van der Waals surface area contributed by atoms with Crippen LogP contribution in [0.25, 0.3) is 0 Å². The van der Waals surface area contributed by atoms with E-state index in [1.165, 1.54) is 0 Å². The average Bonchev–Trinajstić information content (AvgIpc) is 2.81. The van der Waals surface area contributed by atoms with Gasteiger partial charge < -0.3 is 19.3 Å². The summed E-state index contributed by atoms with van der Waals surface area (Å²) in [5.41, 5.74) is 1.91. The Balaban J connectivity index is 1.76. The summed E-state index contributed by atoms with van der Waals surface area (Å²) in [6, 6.07) is 20.3. The van der Waals surface area contributed by atoms with E-state index >= 15 is 0 Å². The smallest absolute Gasteiger partial charge is 0.213 e. The molecule has 0 N–H and O–H groups in total. The van der Waals surface area contributed by atoms with Gasteiger partial charge in [0.2, 0.25) is 5.96 Å². The molecule has 0 bridgehead atoms. The molecule has 7 heteroatoms. The highest BCUT2D eigenvalue weighted by atomic mass is 32.1. The van der Waals surface area contributed by atoms with Crippen molar-refractivity contribution in [3.05, 3.63) is 60.7 Å². The van der Waals surface area contributed by atoms with Crippen LogP contribution in [0.3, 0.4) is 0 Å². The van der Waals surface area contributed by atoms with Crippen molar-refractivity contribution >= 4 is 34.7 Å². The van der Waals surface area contributed by atoms with Gasteiger partial charge in [0, 0.05) is 26.2 Å². The van der Waals surface area contributed by atoms with Gasteiger partial charge in [-0.1, -0.05) is 36.4 Å². The topological polar surface area (TPSA) is 40.5 Å². The minimum Gasteiger partial charge on any atom is -0.378 e. The lowest BCUT2D eigenvalue weighted by molar-refractivity contribution is 0.0657. The first-order valence-electron chi connectivity index (χ1n) is 10.0. The minimum atomic E-state index is 0.681. The van der Waals surface area contributed by atoms with Gasteiger partial charge in [0.05, 0.1) is 37.8 Å². The number of rotatable bonds is 2. The Bertz CT molecular complexity index is 819. The van der Waals surface area contributed by atoms with Crippen LogP contribution in [0.1, 0.15) is 0 Å². The minimum absolute atomic E-state index is 0.681. The van der Waals surface area contributed by atoms with Crippen molar-refractivity contribution in [1.29, 1.82) is 0 Å². The van der Waals surface area contributed by atoms with Crippen molar-refractivity contribution in [1.82, 2.24) is 9.80 Å². The lowest BCUT2D eigenvalue weighted by Crippen LogP contribution is -2.56. The number of ether oxygens (including phenoxy) is 2. The highest BCUT2D eigenvalue weighted by molar-refractivity contribution is 7.80. The Hall–Kier alpha value is -2.48. The van der Waals surface area contributed by atoms with Crippen molar-refractivity contribution in [2.24, 2.45) is 4.99 Å². The van der Waals surface area contributed by atoms with E-state index in [-0.39, 0.29) is 0 Å². The highest BCUT2D eigenvalue weighted by Gasteiger charge is 2.29. The zero-order valence-electron chi connectivity index (χ0n) is 16.4. The van der Waals surface area contributed by atoms with E-state index in [0.717, 1.165) is 48.6 Å². The molecular formula is C22H26N4O2S. The van der Waals surface area contributed by atoms with Crippen LogP contribution in [0.4, 0.5) is 11.4 Å². The highest BCUT2D eigenvalue weighted by Crippen LogP contribution is 2.22. The van der Waals surface area contributed by atoms with Crippen LogP contribution in [0.5, 0.6) is 0 Å². The van der Waals surface area contributed by atoms with E-state index in [1.54, 1.807) is 0 Å². The summed E-state index contributed by atoms with van der Waals surface area (Å²) in [6.07, 6.45) is 0. The fourth-order valence-electron chi connectivity index (χ4n) is 3.43. The maximum Gasteiger partial charge on any atom is 0.213 e. The van der Waals surface area contributed by atoms with Gasteiger partial charge in [-0.15, -0.1) is 0 Å². The number of guanidine groups is 1. The number of anilines is 1. The van der Waals surface area contributed by atoms with Gasteiger partial charge >= 0.3 is 0 Å². The van der Waals surface area contributed by atoms with E-state index in [0.29, 0.717) is 26.4 Å². The Morgan fingerprint density at radius 1 is 0.759 bits per heavy atom. The van der Waals surface area contributed by atoms with Crippen LogP contribution in [0.15, 0.2) is 65.7 Å². The van der Waals surface area contributed by atoms with Crippen LogP contribution in [-0.4, -0.2) is 73.5 Å². The molecule has 0 amide bonds. The Morgan fingerprint density at radius 3 is 1.86 bits per heavy atom. The second kappa shape index (κ2) is 9.82. The molecule has 0 atom stereocenters. The molecule has 0 aromatic heterocycles. The van der Waals surface area contributed by atoms with E-state index in [4.69, 9.17) is 26.7 Å². The molecule has 6 nitrogen and oxygen atoms in total. The number of para-hydroxylation sites is 2. The molecule has 2 aliphatic heterocycles. The van der Waals surface area contributed by atoms with Crippen LogP contribution in [-0.2, 0) is 9.47 Å². The number of benzene rings is 2. The van der Waals surface area contributed by atoms with Crippen molar-refractivity contribution in [2.45, 2.75) is 0 Å². The second-order valence-corrected chi connectivity index (χ2v) is 7.26. The van der Waals surface area contributed by atoms with Crippen LogP contribution in [0.2, 0.25) is 0 Å². The molecule has 0 unspecified atom stereocenters. The van der Waals surface area contributed by atoms with Crippen LogP contribution < -0.4 is 4.90 Å². The second-order valence-electron chi connectivity index (χ2n) is 6.90. The zero-order chi connectivity index (χ0) is 19.9. The first-order valence-corrected chi connectivity index (χ1v) is 10.4. The van der Waals surface area contributed by atoms with Crippen molar-refractivity contribution in [3.63, 3.8) is 0 Å². The van der Waals surface area contributed by atoms with Crippen molar-refractivity contribution in [2.75, 3.05) is 57.5 Å². The standard InChI is InChI=1S/C22H26N4O2S/c29-22(25-13-17-28-18-14-25)26(20-9-5-2-6-10-20)21(24-11-15-27-16-12-24)23-19-7-3-1-4-8-19/h1-10H,11-18H2. The third-order valence-electron chi connectivity index (χ3n) is 4.97. The molecule has 152 valence electrons. The molecule has 29 heavy (non-hydrogen) atoms. The molecule has 2 aliphatic rings. The predicted octanol–water partition coefficient (Wildman–Crippen LogP) is 3.13. The SMILES string of the molecule is S=C(N1CCOCC1)N(C(=Nc1ccccc1)N1CCOCC1)c1ccccc1. The zero-order valence-corrected chi connectivity index (χ0v) is 17.3. The molecule has 2 heterocycles. The maximum atomic E-state index is 6.00. The van der Waals surface area contributed by atoms with Gasteiger partial charge in [-0.2, -0.15) is 0 Å². The van der Waals surface area contributed by atoms with E-state index in [1.807, 2.05) is 48.5 Å². The maximum absolute atomic E-state index is 6.00. The number of aliphatic imine (C=N–C) groups is 1. The van der Waals surface area contributed by atoms with Gasteiger partial charge in [-0.25, -0.2) is 4.99 Å². The number of morpholine rings is 2. The Morgan fingerprint density at radius 2 is 1.28 bits per heavy atom. The molecule has 0 aliphatic carbocycles. The molecule has 0 radical (unpaired) electrons. The van der Waals surface area contributed by atoms with Gasteiger partial charge in [-0.05, 0) is 36.5 Å². The lowest BCUT2D eigenvalue weighted by Gasteiger charge is -2.40. The monoisotopic (exact) mass is 410 g/mol. The molecule has 0 saturated carbocycles. The molecule has 2 saturated heterocycles. The fraction of sp³-hybridized carbons (Fsp3) is 0.364. The molecule has 2 aromatic carbocycles. The number of nitrogens with zero attached hydrogens (tertiary/aromatic N) is 4. The summed E-state index contributed by atoms with van der Waals surface area (Å²) < 4.78 is 11.1. The molecule has 2 fully saturated rings. The Kier molecular flexibility index (Phi) is 6.71. The van der Waals surface area contributed by atoms with E-state index < -0.39 is 0 Å². The summed E-state index contributed by atoms with van der Waals surface area (Å²) in [6.45, 7) is 5.85. The molecule has 0 spiro atoms. The largest absolute Gasteiger partial charge is 0.378 e. The van der Waals surface area contributed by atoms with Crippen molar-refractivity contribution < 1.29 is 9.47 Å². The number of thiocarbonyl (C=S) groups is 1. The van der Waals surface area contributed by atoms with E-state index in [9.17, 15) is 0 Å². The lowest BCUT2D eigenvalue weighted by atomic mass is 10.3. The van der Waals surface area contributed by atoms with Crippen molar-refractivity contribution in [3.8, 4) is 0 Å². The van der Waals surface area contributed by atoms with Crippen LogP contribution in [0, 0.1) is 0 Å². The normalized spacial score (nSPS) is 17.9. The summed E-state index contributed by atoms with van der Waals surface area (Å²) in [5, 5.41) is 0.751. The van der Waals surface area contributed by atoms with E-state index in [2.05, 4.69) is 26.8 Å². The van der Waals surface area contributed by atoms with Crippen LogP contribution >= 0.6 is 12.2 Å². The Labute approximate surface area is 177 Å². The van der Waals surface area contributed by atoms with Gasteiger partial charge in [0.1, 0.15) is 0 Å². The average molecular weight is 411 g/mol. The summed E-state index contributed by atoms with van der Waals surface area (Å²) in [7, 11) is 0. The summed E-state index contributed by atoms with van der Waals surface area (Å²) in [4.78, 5) is 11.6. The first-order chi connectivity index (χ1) is 14.3. The number of hydrogen-bond donors (Lipinski definition) is 0. The van der Waals surface area contributed by atoms with Gasteiger partial charge in [-0.3, -0.25) is 4.90 Å². The summed E-state index contributed by atoms with van der Waals surface area (Å²) >= 11 is 6.00. The molecule has 4 rings (SSSR count). The quantitative estimate of drug-likeness (QED) is 0.430. The predicted molar refractivity (Wildman–Crippen MR) is 120 cm³/mol.